The first-order chi connectivity index (χ1) is 15.7. The molecule has 0 saturated carbocycles. The molecule has 0 rings (SSSR count). The van der Waals surface area contributed by atoms with Crippen LogP contribution in [0, 0.1) is 11.8 Å². The van der Waals surface area contributed by atoms with Crippen LogP contribution in [0.3, 0.4) is 0 Å². The van der Waals surface area contributed by atoms with Gasteiger partial charge in [-0.3, -0.25) is 0 Å². The summed E-state index contributed by atoms with van der Waals surface area (Å²) < 4.78 is 201. The van der Waals surface area contributed by atoms with E-state index in [2.05, 4.69) is 4.74 Å². The first-order valence-corrected chi connectivity index (χ1v) is 12.2. The summed E-state index contributed by atoms with van der Waals surface area (Å²) in [6, 6.07) is 0. The second-order valence-corrected chi connectivity index (χ2v) is 11.5. The lowest BCUT2D eigenvalue weighted by Crippen LogP contribution is -2.73. The molecule has 0 aromatic heterocycles. The van der Waals surface area contributed by atoms with Gasteiger partial charge in [-0.05, 0) is 36.7 Å². The standard InChI is InChI=1S/C19H26F15OP/c1-11(2)8-36(9-12(3)4)7-5-6-35-10-13(20,21)14(22,23)15(24,25)16(26,27)17(28,29)18(30,31)19(32,33)34/h11-12H,5-10H2,1-4H3. The Balaban J connectivity index is 5.58. The third-order valence-electron chi connectivity index (χ3n) is 4.69. The predicted molar refractivity (Wildman–Crippen MR) is 102 cm³/mol. The average molecular weight is 586 g/mol. The van der Waals surface area contributed by atoms with E-state index in [-0.39, 0.29) is 18.3 Å². The maximum atomic E-state index is 13.7. The summed E-state index contributed by atoms with van der Waals surface area (Å²) in [5.41, 5.74) is 0. The van der Waals surface area contributed by atoms with Gasteiger partial charge in [0.1, 0.15) is 6.61 Å². The summed E-state index contributed by atoms with van der Waals surface area (Å²) in [5, 5.41) is 0. The fourth-order valence-corrected chi connectivity index (χ4v) is 6.13. The first kappa shape index (κ1) is 35.3. The Morgan fingerprint density at radius 3 is 1.28 bits per heavy atom. The number of hydrogen-bond acceptors (Lipinski definition) is 1. The Hall–Kier alpha value is -0.660. The van der Waals surface area contributed by atoms with Crippen molar-refractivity contribution in [2.24, 2.45) is 11.8 Å². The third kappa shape index (κ3) is 7.05. The minimum atomic E-state index is -8.27. The lowest BCUT2D eigenvalue weighted by Gasteiger charge is -2.41. The maximum Gasteiger partial charge on any atom is 0.460 e. The third-order valence-corrected chi connectivity index (χ3v) is 8.13. The number of rotatable bonds is 15. The van der Waals surface area contributed by atoms with E-state index < -0.39 is 62.8 Å². The fraction of sp³-hybridized carbons (Fsp3) is 1.00. The molecule has 0 aliphatic rings. The summed E-state index contributed by atoms with van der Waals surface area (Å²) in [6.07, 6.45) is -5.78. The van der Waals surface area contributed by atoms with Crippen LogP contribution in [0.2, 0.25) is 0 Å². The van der Waals surface area contributed by atoms with Gasteiger partial charge in [0.2, 0.25) is 0 Å². The number of halogens is 15. The highest BCUT2D eigenvalue weighted by Gasteiger charge is 2.93. The second kappa shape index (κ2) is 11.6. The molecule has 0 heterocycles. The van der Waals surface area contributed by atoms with Crippen molar-refractivity contribution in [2.45, 2.75) is 75.8 Å². The van der Waals surface area contributed by atoms with E-state index in [9.17, 15) is 65.9 Å². The van der Waals surface area contributed by atoms with Crippen molar-refractivity contribution in [3.05, 3.63) is 0 Å². The smallest absolute Gasteiger partial charge is 0.375 e. The van der Waals surface area contributed by atoms with Crippen molar-refractivity contribution < 1.29 is 70.6 Å². The number of ether oxygens (including phenoxy) is 1. The summed E-state index contributed by atoms with van der Waals surface area (Å²) in [4.78, 5) is 0. The highest BCUT2D eigenvalue weighted by molar-refractivity contribution is 7.57. The van der Waals surface area contributed by atoms with Crippen LogP contribution in [0.15, 0.2) is 0 Å². The molecule has 218 valence electrons. The Morgan fingerprint density at radius 1 is 0.556 bits per heavy atom. The van der Waals surface area contributed by atoms with Crippen LogP contribution in [0.1, 0.15) is 34.1 Å². The molecule has 0 aliphatic carbocycles. The van der Waals surface area contributed by atoms with E-state index in [1.165, 1.54) is 0 Å². The van der Waals surface area contributed by atoms with Gasteiger partial charge in [0, 0.05) is 6.61 Å². The van der Waals surface area contributed by atoms with Crippen LogP contribution in [0.5, 0.6) is 0 Å². The lowest BCUT2D eigenvalue weighted by atomic mass is 9.91. The molecular weight excluding hydrogens is 560 g/mol. The van der Waals surface area contributed by atoms with E-state index in [1.54, 1.807) is 0 Å². The molecule has 0 bridgehead atoms. The normalized spacial score (nSPS) is 15.5. The zero-order valence-electron chi connectivity index (χ0n) is 19.4. The van der Waals surface area contributed by atoms with Crippen LogP contribution >= 0.6 is 7.92 Å². The van der Waals surface area contributed by atoms with Gasteiger partial charge in [-0.2, -0.15) is 65.9 Å². The Morgan fingerprint density at radius 2 is 0.917 bits per heavy atom. The van der Waals surface area contributed by atoms with E-state index >= 15 is 0 Å². The molecular formula is C19H26F15OP. The lowest BCUT2D eigenvalue weighted by molar-refractivity contribution is -0.453. The second-order valence-electron chi connectivity index (χ2n) is 9.03. The van der Waals surface area contributed by atoms with Gasteiger partial charge in [-0.15, -0.1) is 7.92 Å². The van der Waals surface area contributed by atoms with Gasteiger partial charge in [-0.1, -0.05) is 27.7 Å². The molecule has 0 atom stereocenters. The molecule has 36 heavy (non-hydrogen) atoms. The number of hydrogen-bond donors (Lipinski definition) is 0. The molecule has 0 radical (unpaired) electrons. The fourth-order valence-electron chi connectivity index (χ4n) is 2.97. The zero-order chi connectivity index (χ0) is 29.2. The van der Waals surface area contributed by atoms with Crippen molar-refractivity contribution in [2.75, 3.05) is 31.7 Å². The average Bonchev–Trinajstić information content (AvgIpc) is 2.64. The van der Waals surface area contributed by atoms with Crippen molar-refractivity contribution in [1.29, 1.82) is 0 Å². The van der Waals surface area contributed by atoms with Crippen LogP contribution in [0.4, 0.5) is 65.9 Å². The van der Waals surface area contributed by atoms with Gasteiger partial charge >= 0.3 is 41.7 Å². The van der Waals surface area contributed by atoms with Gasteiger partial charge in [0.05, 0.1) is 0 Å². The van der Waals surface area contributed by atoms with Crippen LogP contribution in [-0.4, -0.2) is 73.4 Å². The monoisotopic (exact) mass is 586 g/mol. The largest absolute Gasteiger partial charge is 0.460 e. The van der Waals surface area contributed by atoms with Gasteiger partial charge in [0.25, 0.3) is 0 Å². The molecule has 0 fully saturated rings. The zero-order valence-corrected chi connectivity index (χ0v) is 20.3. The quantitative estimate of drug-likeness (QED) is 0.106. The van der Waals surface area contributed by atoms with Crippen molar-refractivity contribution in [3.8, 4) is 0 Å². The molecule has 0 aliphatic heterocycles. The molecule has 0 N–H and O–H groups in total. The van der Waals surface area contributed by atoms with Crippen molar-refractivity contribution >= 4 is 7.92 Å². The number of alkyl halides is 15. The molecule has 1 nitrogen and oxygen atoms in total. The first-order valence-electron chi connectivity index (χ1n) is 10.3. The molecule has 0 unspecified atom stereocenters. The van der Waals surface area contributed by atoms with E-state index in [0.29, 0.717) is 6.16 Å². The maximum absolute atomic E-state index is 13.7. The molecule has 0 saturated heterocycles. The molecule has 0 spiro atoms. The Kier molecular flexibility index (Phi) is 11.4. The van der Waals surface area contributed by atoms with E-state index in [4.69, 9.17) is 0 Å². The van der Waals surface area contributed by atoms with Gasteiger partial charge < -0.3 is 4.74 Å². The van der Waals surface area contributed by atoms with Gasteiger partial charge in [0.15, 0.2) is 0 Å². The minimum absolute atomic E-state index is 0.0464. The SMILES string of the molecule is CC(C)CP(CCCOCC(F)(F)C(F)(F)C(F)(F)C(F)(F)C(F)(F)C(F)(F)C(F)(F)F)CC(C)C. The summed E-state index contributed by atoms with van der Waals surface area (Å²) in [6.45, 7) is 4.12. The Bertz CT molecular complexity index is 679. The molecule has 0 aromatic rings. The van der Waals surface area contributed by atoms with Crippen molar-refractivity contribution in [3.63, 3.8) is 0 Å². The van der Waals surface area contributed by atoms with E-state index in [0.717, 1.165) is 12.3 Å². The minimum Gasteiger partial charge on any atom is -0.375 e. The molecule has 0 aromatic carbocycles. The van der Waals surface area contributed by atoms with E-state index in [1.807, 2.05) is 27.7 Å². The van der Waals surface area contributed by atoms with Crippen molar-refractivity contribution in [1.82, 2.24) is 0 Å². The molecule has 0 amide bonds. The summed E-state index contributed by atoms with van der Waals surface area (Å²) in [5.74, 6) is -45.9. The van der Waals surface area contributed by atoms with Crippen LogP contribution in [-0.2, 0) is 4.74 Å². The van der Waals surface area contributed by atoms with Gasteiger partial charge in [-0.25, -0.2) is 0 Å². The van der Waals surface area contributed by atoms with Crippen LogP contribution in [0.25, 0.3) is 0 Å². The van der Waals surface area contributed by atoms with Crippen LogP contribution < -0.4 is 0 Å². The highest BCUT2D eigenvalue weighted by atomic mass is 31.1. The predicted octanol–water partition coefficient (Wildman–Crippen LogP) is 8.56. The molecule has 17 heteroatoms. The summed E-state index contributed by atoms with van der Waals surface area (Å²) >= 11 is 0. The summed E-state index contributed by atoms with van der Waals surface area (Å²) in [7, 11) is -0.656. The highest BCUT2D eigenvalue weighted by Crippen LogP contribution is 2.62. The topological polar surface area (TPSA) is 9.23 Å². The Labute approximate surface area is 198 Å².